The second kappa shape index (κ2) is 8.28. The van der Waals surface area contributed by atoms with Gasteiger partial charge in [-0.15, -0.1) is 0 Å². The topological polar surface area (TPSA) is 29.3 Å². The Morgan fingerprint density at radius 2 is 1.89 bits per heavy atom. The third kappa shape index (κ3) is 5.19. The molecule has 0 saturated heterocycles. The van der Waals surface area contributed by atoms with E-state index in [1.54, 1.807) is 0 Å². The molecule has 2 N–H and O–H groups in total. The molecule has 0 spiro atoms. The van der Waals surface area contributed by atoms with E-state index in [2.05, 4.69) is 50.1 Å². The van der Waals surface area contributed by atoms with Gasteiger partial charge in [-0.05, 0) is 51.0 Å². The fourth-order valence-electron chi connectivity index (χ4n) is 2.26. The monoisotopic (exact) mass is 248 g/mol. The van der Waals surface area contributed by atoms with E-state index in [0.29, 0.717) is 0 Å². The van der Waals surface area contributed by atoms with E-state index >= 15 is 0 Å². The van der Waals surface area contributed by atoms with E-state index in [1.807, 2.05) is 0 Å². The van der Waals surface area contributed by atoms with Crippen molar-refractivity contribution < 1.29 is 0 Å². The van der Waals surface area contributed by atoms with Crippen LogP contribution in [0.1, 0.15) is 49.8 Å². The van der Waals surface area contributed by atoms with Crippen molar-refractivity contribution in [3.63, 3.8) is 0 Å². The Hall–Kier alpha value is -0.860. The van der Waals surface area contributed by atoms with Gasteiger partial charge in [0.15, 0.2) is 0 Å². The van der Waals surface area contributed by atoms with Gasteiger partial charge in [0.05, 0.1) is 0 Å². The summed E-state index contributed by atoms with van der Waals surface area (Å²) in [6.07, 6.45) is 4.95. The molecule has 0 amide bonds. The molecule has 2 nitrogen and oxygen atoms in total. The average molecular weight is 248 g/mol. The van der Waals surface area contributed by atoms with Crippen molar-refractivity contribution in [3.05, 3.63) is 35.4 Å². The summed E-state index contributed by atoms with van der Waals surface area (Å²) in [5, 5.41) is 0. The zero-order chi connectivity index (χ0) is 13.4. The summed E-state index contributed by atoms with van der Waals surface area (Å²) in [5.41, 5.74) is 8.87. The maximum atomic E-state index is 6.27. The zero-order valence-corrected chi connectivity index (χ0v) is 12.2. The lowest BCUT2D eigenvalue weighted by molar-refractivity contribution is 0.311. The molecule has 18 heavy (non-hydrogen) atoms. The van der Waals surface area contributed by atoms with E-state index in [-0.39, 0.29) is 6.04 Å². The molecule has 1 atom stereocenters. The molecule has 102 valence electrons. The normalized spacial score (nSPS) is 12.9. The summed E-state index contributed by atoms with van der Waals surface area (Å²) in [6, 6.07) is 8.60. The summed E-state index contributed by atoms with van der Waals surface area (Å²) in [6.45, 7) is 6.65. The summed E-state index contributed by atoms with van der Waals surface area (Å²) >= 11 is 0. The standard InChI is InChI=1S/C16H28N2/c1-4-5-8-12-18(3)13-11-16(17)15-10-7-6-9-14(15)2/h6-7,9-10,16H,4-5,8,11-13,17H2,1-3H3. The van der Waals surface area contributed by atoms with Crippen LogP contribution in [0.25, 0.3) is 0 Å². The number of aryl methyl sites for hydroxylation is 1. The summed E-state index contributed by atoms with van der Waals surface area (Å²) in [5.74, 6) is 0. The molecule has 1 aromatic carbocycles. The Bertz CT molecular complexity index is 336. The third-order valence-corrected chi connectivity index (χ3v) is 3.55. The van der Waals surface area contributed by atoms with E-state index in [4.69, 9.17) is 5.73 Å². The highest BCUT2D eigenvalue weighted by molar-refractivity contribution is 5.28. The van der Waals surface area contributed by atoms with Crippen molar-refractivity contribution in [2.24, 2.45) is 5.73 Å². The summed E-state index contributed by atoms with van der Waals surface area (Å²) in [4.78, 5) is 2.40. The first kappa shape index (κ1) is 15.2. The number of unbranched alkanes of at least 4 members (excludes halogenated alkanes) is 2. The van der Waals surface area contributed by atoms with Gasteiger partial charge < -0.3 is 10.6 Å². The van der Waals surface area contributed by atoms with Crippen molar-refractivity contribution >= 4 is 0 Å². The van der Waals surface area contributed by atoms with E-state index in [0.717, 1.165) is 13.0 Å². The van der Waals surface area contributed by atoms with Crippen LogP contribution in [0.4, 0.5) is 0 Å². The predicted octanol–water partition coefficient (Wildman–Crippen LogP) is 3.51. The maximum absolute atomic E-state index is 6.27. The number of benzene rings is 1. The fraction of sp³-hybridized carbons (Fsp3) is 0.625. The molecule has 0 bridgehead atoms. The highest BCUT2D eigenvalue weighted by Gasteiger charge is 2.09. The smallest absolute Gasteiger partial charge is 0.0309 e. The lowest BCUT2D eigenvalue weighted by atomic mass is 9.99. The number of rotatable bonds is 8. The van der Waals surface area contributed by atoms with Gasteiger partial charge in [-0.1, -0.05) is 44.0 Å². The molecule has 1 rings (SSSR count). The summed E-state index contributed by atoms with van der Waals surface area (Å²) in [7, 11) is 2.19. The molecule has 0 heterocycles. The average Bonchev–Trinajstić information content (AvgIpc) is 2.37. The quantitative estimate of drug-likeness (QED) is 0.713. The molecule has 0 aromatic heterocycles. The SMILES string of the molecule is CCCCCN(C)CCC(N)c1ccccc1C. The van der Waals surface area contributed by atoms with E-state index in [9.17, 15) is 0 Å². The number of hydrogen-bond donors (Lipinski definition) is 1. The van der Waals surface area contributed by atoms with Crippen LogP contribution >= 0.6 is 0 Å². The molecular formula is C16H28N2. The van der Waals surface area contributed by atoms with E-state index in [1.165, 1.54) is 36.9 Å². The molecule has 0 aliphatic rings. The van der Waals surface area contributed by atoms with Crippen LogP contribution in [0.5, 0.6) is 0 Å². The predicted molar refractivity (Wildman–Crippen MR) is 79.7 cm³/mol. The molecular weight excluding hydrogens is 220 g/mol. The van der Waals surface area contributed by atoms with Crippen molar-refractivity contribution in [1.82, 2.24) is 4.90 Å². The Morgan fingerprint density at radius 3 is 2.56 bits per heavy atom. The van der Waals surface area contributed by atoms with Gasteiger partial charge >= 0.3 is 0 Å². The Kier molecular flexibility index (Phi) is 6.99. The van der Waals surface area contributed by atoms with Crippen molar-refractivity contribution in [2.45, 2.75) is 45.6 Å². The zero-order valence-electron chi connectivity index (χ0n) is 12.2. The first-order valence-corrected chi connectivity index (χ1v) is 7.14. The van der Waals surface area contributed by atoms with Crippen LogP contribution in [-0.2, 0) is 0 Å². The van der Waals surface area contributed by atoms with Gasteiger partial charge in [-0.3, -0.25) is 0 Å². The minimum atomic E-state index is 0.167. The molecule has 0 fully saturated rings. The van der Waals surface area contributed by atoms with Gasteiger partial charge in [0.1, 0.15) is 0 Å². The van der Waals surface area contributed by atoms with E-state index < -0.39 is 0 Å². The molecule has 2 heteroatoms. The first-order valence-electron chi connectivity index (χ1n) is 7.14. The second-order valence-corrected chi connectivity index (χ2v) is 5.26. The van der Waals surface area contributed by atoms with Gasteiger partial charge in [-0.25, -0.2) is 0 Å². The third-order valence-electron chi connectivity index (χ3n) is 3.55. The van der Waals surface area contributed by atoms with Crippen LogP contribution in [0, 0.1) is 6.92 Å². The lowest BCUT2D eigenvalue weighted by Gasteiger charge is -2.20. The van der Waals surface area contributed by atoms with Gasteiger partial charge in [0, 0.05) is 6.04 Å². The Balaban J connectivity index is 2.32. The van der Waals surface area contributed by atoms with Gasteiger partial charge in [-0.2, -0.15) is 0 Å². The molecule has 1 aromatic rings. The van der Waals surface area contributed by atoms with Crippen LogP contribution in [-0.4, -0.2) is 25.0 Å². The molecule has 0 aliphatic heterocycles. The van der Waals surface area contributed by atoms with Gasteiger partial charge in [0.25, 0.3) is 0 Å². The van der Waals surface area contributed by atoms with Crippen molar-refractivity contribution in [3.8, 4) is 0 Å². The van der Waals surface area contributed by atoms with Crippen LogP contribution in [0.2, 0.25) is 0 Å². The second-order valence-electron chi connectivity index (χ2n) is 5.26. The van der Waals surface area contributed by atoms with Crippen LogP contribution < -0.4 is 5.73 Å². The number of nitrogens with zero attached hydrogens (tertiary/aromatic N) is 1. The largest absolute Gasteiger partial charge is 0.324 e. The Labute approximate surface area is 112 Å². The summed E-state index contributed by atoms with van der Waals surface area (Å²) < 4.78 is 0. The van der Waals surface area contributed by atoms with Gasteiger partial charge in [0.2, 0.25) is 0 Å². The Morgan fingerprint density at radius 1 is 1.17 bits per heavy atom. The number of nitrogens with two attached hydrogens (primary N) is 1. The van der Waals surface area contributed by atoms with Crippen molar-refractivity contribution in [2.75, 3.05) is 20.1 Å². The highest BCUT2D eigenvalue weighted by atomic mass is 15.1. The minimum Gasteiger partial charge on any atom is -0.324 e. The highest BCUT2D eigenvalue weighted by Crippen LogP contribution is 2.18. The van der Waals surface area contributed by atoms with Crippen LogP contribution in [0.3, 0.4) is 0 Å². The fourth-order valence-corrected chi connectivity index (χ4v) is 2.26. The molecule has 1 unspecified atom stereocenters. The maximum Gasteiger partial charge on any atom is 0.0309 e. The first-order chi connectivity index (χ1) is 8.65. The molecule has 0 saturated carbocycles. The number of hydrogen-bond acceptors (Lipinski definition) is 2. The molecule has 0 aliphatic carbocycles. The minimum absolute atomic E-state index is 0.167. The molecule has 0 radical (unpaired) electrons. The van der Waals surface area contributed by atoms with Crippen molar-refractivity contribution in [1.29, 1.82) is 0 Å². The van der Waals surface area contributed by atoms with Crippen LogP contribution in [0.15, 0.2) is 24.3 Å². The lowest BCUT2D eigenvalue weighted by Crippen LogP contribution is -2.25.